The van der Waals surface area contributed by atoms with E-state index in [0.29, 0.717) is 17.6 Å². The third kappa shape index (κ3) is 2.94. The number of benzene rings is 2. The highest BCUT2D eigenvalue weighted by molar-refractivity contribution is 5.83. The van der Waals surface area contributed by atoms with Crippen LogP contribution >= 0.6 is 0 Å². The van der Waals surface area contributed by atoms with Crippen LogP contribution in [0.15, 0.2) is 63.9 Å². The Morgan fingerprint density at radius 3 is 2.84 bits per heavy atom. The molecule has 2 aromatic carbocycles. The molecule has 6 nitrogen and oxygen atoms in total. The third-order valence-corrected chi connectivity index (χ3v) is 4.27. The summed E-state index contributed by atoms with van der Waals surface area (Å²) in [6.07, 6.45) is 2.68. The molecule has 6 heteroatoms. The fourth-order valence-electron chi connectivity index (χ4n) is 3.04. The van der Waals surface area contributed by atoms with E-state index in [4.69, 9.17) is 4.42 Å². The monoisotopic (exact) mass is 335 g/mol. The molecule has 4 rings (SSSR count). The van der Waals surface area contributed by atoms with Crippen molar-refractivity contribution >= 4 is 27.9 Å². The van der Waals surface area contributed by atoms with Gasteiger partial charge in [0.05, 0.1) is 5.52 Å². The molecule has 0 spiro atoms. The van der Waals surface area contributed by atoms with E-state index in [-0.39, 0.29) is 12.5 Å². The Morgan fingerprint density at radius 1 is 1.12 bits per heavy atom. The fourth-order valence-corrected chi connectivity index (χ4v) is 3.04. The lowest BCUT2D eigenvalue weighted by Gasteiger charge is -2.05. The van der Waals surface area contributed by atoms with E-state index in [0.717, 1.165) is 22.9 Å². The zero-order valence-electron chi connectivity index (χ0n) is 13.5. The molecule has 2 aromatic heterocycles. The van der Waals surface area contributed by atoms with Gasteiger partial charge in [0, 0.05) is 23.6 Å². The van der Waals surface area contributed by atoms with Crippen molar-refractivity contribution in [1.29, 1.82) is 0 Å². The Balaban J connectivity index is 1.41. The van der Waals surface area contributed by atoms with Crippen LogP contribution in [0.25, 0.3) is 22.0 Å². The maximum absolute atomic E-state index is 12.2. The molecule has 2 N–H and O–H groups in total. The first-order valence-electron chi connectivity index (χ1n) is 8.12. The summed E-state index contributed by atoms with van der Waals surface area (Å²) in [4.78, 5) is 27.3. The first-order chi connectivity index (χ1) is 12.2. The standard InChI is InChI=1S/C19H17N3O3/c23-18(12-22-16-7-3-4-8-17(16)25-19(22)24)20-10-9-13-11-21-15-6-2-1-5-14(13)15/h1-8,11,21H,9-10,12H2,(H,20,23). The third-order valence-electron chi connectivity index (χ3n) is 4.27. The number of hydrogen-bond donors (Lipinski definition) is 2. The van der Waals surface area contributed by atoms with Crippen LogP contribution in [0.2, 0.25) is 0 Å². The van der Waals surface area contributed by atoms with Gasteiger partial charge in [-0.15, -0.1) is 0 Å². The quantitative estimate of drug-likeness (QED) is 0.588. The number of rotatable bonds is 5. The molecular weight excluding hydrogens is 318 g/mol. The number of amides is 1. The zero-order chi connectivity index (χ0) is 17.2. The minimum absolute atomic E-state index is 0.0519. The van der Waals surface area contributed by atoms with Crippen molar-refractivity contribution in [3.05, 3.63) is 70.8 Å². The molecule has 126 valence electrons. The first-order valence-corrected chi connectivity index (χ1v) is 8.12. The molecule has 4 aromatic rings. The molecule has 1 amide bonds. The first kappa shape index (κ1) is 15.3. The number of aromatic nitrogens is 2. The van der Waals surface area contributed by atoms with Crippen molar-refractivity contribution in [2.24, 2.45) is 0 Å². The second kappa shape index (κ2) is 6.32. The summed E-state index contributed by atoms with van der Waals surface area (Å²) in [5.41, 5.74) is 3.35. The van der Waals surface area contributed by atoms with Gasteiger partial charge in [0.2, 0.25) is 5.91 Å². The SMILES string of the molecule is O=C(Cn1c(=O)oc2ccccc21)NCCc1c[nH]c2ccccc12. The maximum atomic E-state index is 12.2. The van der Waals surface area contributed by atoms with E-state index < -0.39 is 5.76 Å². The molecule has 0 saturated heterocycles. The van der Waals surface area contributed by atoms with Gasteiger partial charge < -0.3 is 14.7 Å². The van der Waals surface area contributed by atoms with E-state index in [1.807, 2.05) is 30.5 Å². The Bertz CT molecular complexity index is 1100. The smallest absolute Gasteiger partial charge is 0.408 e. The highest BCUT2D eigenvalue weighted by atomic mass is 16.4. The highest BCUT2D eigenvalue weighted by Gasteiger charge is 2.12. The Kier molecular flexibility index (Phi) is 3.85. The zero-order valence-corrected chi connectivity index (χ0v) is 13.5. The molecule has 0 fully saturated rings. The minimum Gasteiger partial charge on any atom is -0.408 e. The van der Waals surface area contributed by atoms with Gasteiger partial charge in [-0.1, -0.05) is 30.3 Å². The summed E-state index contributed by atoms with van der Waals surface area (Å²) >= 11 is 0. The van der Waals surface area contributed by atoms with Gasteiger partial charge in [-0.25, -0.2) is 4.79 Å². The van der Waals surface area contributed by atoms with Crippen molar-refractivity contribution in [3.63, 3.8) is 0 Å². The topological polar surface area (TPSA) is 80.0 Å². The van der Waals surface area contributed by atoms with Gasteiger partial charge in [0.1, 0.15) is 6.54 Å². The number of hydrogen-bond acceptors (Lipinski definition) is 3. The van der Waals surface area contributed by atoms with Gasteiger partial charge in [0.15, 0.2) is 5.58 Å². The maximum Gasteiger partial charge on any atom is 0.420 e. The van der Waals surface area contributed by atoms with Crippen LogP contribution in [-0.4, -0.2) is 22.0 Å². The van der Waals surface area contributed by atoms with E-state index in [1.54, 1.807) is 18.2 Å². The average Bonchev–Trinajstić information content (AvgIpc) is 3.17. The van der Waals surface area contributed by atoms with Crippen LogP contribution < -0.4 is 11.1 Å². The van der Waals surface area contributed by atoms with E-state index in [1.165, 1.54) is 4.57 Å². The van der Waals surface area contributed by atoms with Crippen LogP contribution in [0.1, 0.15) is 5.56 Å². The number of aromatic amines is 1. The highest BCUT2D eigenvalue weighted by Crippen LogP contribution is 2.17. The van der Waals surface area contributed by atoms with Crippen LogP contribution in [0, 0.1) is 0 Å². The lowest BCUT2D eigenvalue weighted by atomic mass is 10.1. The van der Waals surface area contributed by atoms with E-state index in [2.05, 4.69) is 16.4 Å². The van der Waals surface area contributed by atoms with Crippen molar-refractivity contribution in [2.75, 3.05) is 6.54 Å². The summed E-state index contributed by atoms with van der Waals surface area (Å²) in [6.45, 7) is 0.453. The molecule has 0 radical (unpaired) electrons. The molecule has 25 heavy (non-hydrogen) atoms. The summed E-state index contributed by atoms with van der Waals surface area (Å²) in [6, 6.07) is 15.1. The summed E-state index contributed by atoms with van der Waals surface area (Å²) in [5, 5.41) is 4.02. The van der Waals surface area contributed by atoms with Gasteiger partial charge in [-0.05, 0) is 30.2 Å². The predicted molar refractivity (Wildman–Crippen MR) is 95.5 cm³/mol. The summed E-state index contributed by atoms with van der Waals surface area (Å²) < 4.78 is 6.48. The summed E-state index contributed by atoms with van der Waals surface area (Å²) in [7, 11) is 0. The van der Waals surface area contributed by atoms with Crippen LogP contribution in [0.5, 0.6) is 0 Å². The van der Waals surface area contributed by atoms with Crippen molar-refractivity contribution in [2.45, 2.75) is 13.0 Å². The van der Waals surface area contributed by atoms with Crippen molar-refractivity contribution in [3.8, 4) is 0 Å². The largest absolute Gasteiger partial charge is 0.420 e. The molecule has 0 aliphatic heterocycles. The van der Waals surface area contributed by atoms with Gasteiger partial charge in [-0.3, -0.25) is 9.36 Å². The average molecular weight is 335 g/mol. The second-order valence-corrected chi connectivity index (χ2v) is 5.88. The van der Waals surface area contributed by atoms with Crippen LogP contribution in [0.4, 0.5) is 0 Å². The minimum atomic E-state index is -0.520. The van der Waals surface area contributed by atoms with Gasteiger partial charge in [0.25, 0.3) is 0 Å². The van der Waals surface area contributed by atoms with Gasteiger partial charge >= 0.3 is 5.76 Å². The molecule has 0 unspecified atom stereocenters. The summed E-state index contributed by atoms with van der Waals surface area (Å²) in [5.74, 6) is -0.735. The van der Waals surface area contributed by atoms with Crippen molar-refractivity contribution < 1.29 is 9.21 Å². The number of carbonyl (C=O) groups excluding carboxylic acids is 1. The Morgan fingerprint density at radius 2 is 1.92 bits per heavy atom. The fraction of sp³-hybridized carbons (Fsp3) is 0.158. The van der Waals surface area contributed by atoms with Crippen LogP contribution in [-0.2, 0) is 17.8 Å². The van der Waals surface area contributed by atoms with Crippen LogP contribution in [0.3, 0.4) is 0 Å². The number of carbonyl (C=O) groups is 1. The van der Waals surface area contributed by atoms with E-state index in [9.17, 15) is 9.59 Å². The molecule has 0 bridgehead atoms. The molecular formula is C19H17N3O3. The van der Waals surface area contributed by atoms with Gasteiger partial charge in [-0.2, -0.15) is 0 Å². The Hall–Kier alpha value is -3.28. The second-order valence-electron chi connectivity index (χ2n) is 5.88. The molecule has 0 aliphatic carbocycles. The lowest BCUT2D eigenvalue weighted by molar-refractivity contribution is -0.121. The number of para-hydroxylation sites is 3. The number of nitrogens with zero attached hydrogens (tertiary/aromatic N) is 1. The molecule has 0 aliphatic rings. The van der Waals surface area contributed by atoms with E-state index >= 15 is 0 Å². The van der Waals surface area contributed by atoms with Crippen molar-refractivity contribution in [1.82, 2.24) is 14.9 Å². The lowest BCUT2D eigenvalue weighted by Crippen LogP contribution is -2.32. The number of oxazole rings is 1. The number of H-pyrrole nitrogens is 1. The Labute approximate surface area is 143 Å². The number of fused-ring (bicyclic) bond motifs is 2. The number of nitrogens with one attached hydrogen (secondary N) is 2. The molecule has 0 saturated carbocycles. The predicted octanol–water partition coefficient (Wildman–Crippen LogP) is 2.43. The normalized spacial score (nSPS) is 11.2. The molecule has 0 atom stereocenters. The molecule has 2 heterocycles.